The smallest absolute Gasteiger partial charge is 0.137 e. The fourth-order valence-corrected chi connectivity index (χ4v) is 7.15. The number of nitrogens with two attached hydrogens (primary N) is 1. The van der Waals surface area contributed by atoms with Gasteiger partial charge in [-0.3, -0.25) is 0 Å². The predicted octanol–water partition coefficient (Wildman–Crippen LogP) is 4.11. The molecule has 0 saturated heterocycles. The van der Waals surface area contributed by atoms with Crippen molar-refractivity contribution in [3.05, 3.63) is 29.8 Å². The molecular weight excluding hydrogens is 346 g/mol. The highest BCUT2D eigenvalue weighted by molar-refractivity contribution is 5.35. The van der Waals surface area contributed by atoms with Crippen molar-refractivity contribution < 1.29 is 15.2 Å². The first-order valence-electron chi connectivity index (χ1n) is 11.7. The summed E-state index contributed by atoms with van der Waals surface area (Å²) in [4.78, 5) is 0. The van der Waals surface area contributed by atoms with Crippen LogP contribution in [0.5, 0.6) is 5.75 Å². The van der Waals surface area contributed by atoms with E-state index < -0.39 is 6.10 Å². The lowest BCUT2D eigenvalue weighted by Gasteiger charge is -2.58. The van der Waals surface area contributed by atoms with Crippen LogP contribution in [0, 0.1) is 23.2 Å². The normalized spacial score (nSPS) is 33.2. The molecule has 0 heterocycles. The zero-order valence-electron chi connectivity index (χ0n) is 18.1. The summed E-state index contributed by atoms with van der Waals surface area (Å²) in [5, 5.41) is 13.1. The van der Waals surface area contributed by atoms with Gasteiger partial charge in [0.15, 0.2) is 0 Å². The highest BCUT2D eigenvalue weighted by Gasteiger charge is 2.55. The summed E-state index contributed by atoms with van der Waals surface area (Å²) in [6, 6.07) is 8.89. The maximum Gasteiger partial charge on any atom is 0.137 e. The molecule has 0 spiro atoms. The Bertz CT molecular complexity index is 620. The molecule has 3 nitrogen and oxygen atoms in total. The Labute approximate surface area is 171 Å². The van der Waals surface area contributed by atoms with E-state index in [9.17, 15) is 5.11 Å². The Kier molecular flexibility index (Phi) is 6.04. The van der Waals surface area contributed by atoms with Gasteiger partial charge < -0.3 is 15.2 Å². The molecule has 5 rings (SSSR count). The first-order chi connectivity index (χ1) is 13.5. The van der Waals surface area contributed by atoms with Crippen LogP contribution in [0.1, 0.15) is 77.2 Å². The molecule has 4 fully saturated rings. The first kappa shape index (κ1) is 20.2. The number of hydrogen-bond acceptors (Lipinski definition) is 2. The summed E-state index contributed by atoms with van der Waals surface area (Å²) in [6.45, 7) is 7.86. The summed E-state index contributed by atoms with van der Waals surface area (Å²) >= 11 is 0. The molecule has 4 bridgehead atoms. The van der Waals surface area contributed by atoms with E-state index in [1.165, 1.54) is 50.5 Å². The van der Waals surface area contributed by atoms with Crippen LogP contribution in [-0.2, 0) is 0 Å². The van der Waals surface area contributed by atoms with Gasteiger partial charge in [-0.2, -0.15) is 0 Å². The number of aliphatic hydroxyl groups excluding tert-OH is 1. The molecule has 3 N–H and O–H groups in total. The second-order valence-electron chi connectivity index (χ2n) is 10.4. The Morgan fingerprint density at radius 2 is 1.68 bits per heavy atom. The van der Waals surface area contributed by atoms with Crippen LogP contribution in [0.3, 0.4) is 0 Å². The van der Waals surface area contributed by atoms with Gasteiger partial charge in [0.25, 0.3) is 0 Å². The van der Waals surface area contributed by atoms with Gasteiger partial charge in [-0.1, -0.05) is 39.0 Å². The zero-order chi connectivity index (χ0) is 19.7. The highest BCUT2D eigenvalue weighted by atomic mass is 16.5. The predicted molar refractivity (Wildman–Crippen MR) is 114 cm³/mol. The van der Waals surface area contributed by atoms with E-state index in [0.717, 1.165) is 30.0 Å². The summed E-state index contributed by atoms with van der Waals surface area (Å²) in [6.07, 6.45) is 9.65. The SMILES string of the molecule is CC[C@H]([NH2+]C[C@@H](O)COc1ccccc1C(C)C)C12CC3CC(CC(C3)C1)C2. The van der Waals surface area contributed by atoms with Crippen LogP contribution in [0.25, 0.3) is 0 Å². The second kappa shape index (κ2) is 8.36. The summed E-state index contributed by atoms with van der Waals surface area (Å²) in [5.74, 6) is 4.34. The van der Waals surface area contributed by atoms with Crippen LogP contribution >= 0.6 is 0 Å². The van der Waals surface area contributed by atoms with Crippen LogP contribution in [-0.4, -0.2) is 30.4 Å². The number of hydrogen-bond donors (Lipinski definition) is 2. The molecule has 0 radical (unpaired) electrons. The fraction of sp³-hybridized carbons (Fsp3) is 0.760. The average molecular weight is 387 g/mol. The largest absolute Gasteiger partial charge is 0.490 e. The lowest BCUT2D eigenvalue weighted by Crippen LogP contribution is -2.95. The minimum absolute atomic E-state index is 0.386. The lowest BCUT2D eigenvalue weighted by atomic mass is 9.47. The van der Waals surface area contributed by atoms with Gasteiger partial charge in [0, 0.05) is 5.41 Å². The van der Waals surface area contributed by atoms with Crippen molar-refractivity contribution >= 4 is 0 Å². The number of benzene rings is 1. The number of aliphatic hydroxyl groups is 1. The molecule has 0 amide bonds. The quantitative estimate of drug-likeness (QED) is 0.671. The molecule has 156 valence electrons. The number of quaternary nitrogens is 1. The third kappa shape index (κ3) is 4.11. The third-order valence-corrected chi connectivity index (χ3v) is 7.98. The van der Waals surface area contributed by atoms with E-state index in [2.05, 4.69) is 38.2 Å². The Balaban J connectivity index is 1.31. The Morgan fingerprint density at radius 1 is 1.07 bits per heavy atom. The Morgan fingerprint density at radius 3 is 2.25 bits per heavy atom. The summed E-state index contributed by atoms with van der Waals surface area (Å²) in [7, 11) is 0. The van der Waals surface area contributed by atoms with Crippen molar-refractivity contribution in [2.75, 3.05) is 13.2 Å². The molecule has 0 aliphatic heterocycles. The molecule has 4 aliphatic carbocycles. The maximum atomic E-state index is 10.6. The molecule has 4 aliphatic rings. The molecule has 4 saturated carbocycles. The van der Waals surface area contributed by atoms with E-state index in [4.69, 9.17) is 4.74 Å². The molecule has 0 unspecified atom stereocenters. The van der Waals surface area contributed by atoms with Crippen molar-refractivity contribution in [3.63, 3.8) is 0 Å². The molecule has 1 aromatic carbocycles. The standard InChI is InChI=1S/C25H39NO2/c1-4-24(25-12-18-9-19(13-25)11-20(10-18)14-25)26-15-21(27)16-28-23-8-6-5-7-22(23)17(2)3/h5-8,17-21,24,26-27H,4,9-16H2,1-3H3/p+1/t18?,19?,20?,21-,24+,25?/m1/s1. The topological polar surface area (TPSA) is 46.1 Å². The second-order valence-corrected chi connectivity index (χ2v) is 10.4. The minimum atomic E-state index is -0.414. The van der Waals surface area contributed by atoms with Crippen molar-refractivity contribution in [2.45, 2.75) is 83.8 Å². The number of rotatable bonds is 9. The van der Waals surface area contributed by atoms with Gasteiger partial charge in [0.1, 0.15) is 25.0 Å². The molecule has 3 heteroatoms. The first-order valence-corrected chi connectivity index (χ1v) is 11.7. The highest BCUT2D eigenvalue weighted by Crippen LogP contribution is 2.61. The number of ether oxygens (including phenoxy) is 1. The lowest BCUT2D eigenvalue weighted by molar-refractivity contribution is -0.711. The van der Waals surface area contributed by atoms with Crippen LogP contribution in [0.4, 0.5) is 0 Å². The van der Waals surface area contributed by atoms with E-state index in [0.29, 0.717) is 24.0 Å². The van der Waals surface area contributed by atoms with Gasteiger partial charge in [0.2, 0.25) is 0 Å². The molecule has 28 heavy (non-hydrogen) atoms. The van der Waals surface area contributed by atoms with Crippen LogP contribution in [0.15, 0.2) is 24.3 Å². The maximum absolute atomic E-state index is 10.6. The van der Waals surface area contributed by atoms with Crippen molar-refractivity contribution in [3.8, 4) is 5.75 Å². The molecule has 0 aromatic heterocycles. The number of para-hydroxylation sites is 1. The summed E-state index contributed by atoms with van der Waals surface area (Å²) in [5.41, 5.74) is 1.77. The minimum Gasteiger partial charge on any atom is -0.490 e. The van der Waals surface area contributed by atoms with E-state index in [1.54, 1.807) is 0 Å². The van der Waals surface area contributed by atoms with Crippen molar-refractivity contribution in [1.82, 2.24) is 0 Å². The van der Waals surface area contributed by atoms with E-state index in [1.807, 2.05) is 12.1 Å². The molecule has 2 atom stereocenters. The van der Waals surface area contributed by atoms with Crippen molar-refractivity contribution in [2.24, 2.45) is 23.2 Å². The van der Waals surface area contributed by atoms with Crippen LogP contribution < -0.4 is 10.1 Å². The molecular formula is C25H40NO2+. The van der Waals surface area contributed by atoms with E-state index in [-0.39, 0.29) is 0 Å². The molecule has 1 aromatic rings. The Hall–Kier alpha value is -1.06. The van der Waals surface area contributed by atoms with Gasteiger partial charge >= 0.3 is 0 Å². The average Bonchev–Trinajstić information content (AvgIpc) is 2.65. The van der Waals surface area contributed by atoms with E-state index >= 15 is 0 Å². The van der Waals surface area contributed by atoms with Gasteiger partial charge in [-0.15, -0.1) is 0 Å². The van der Waals surface area contributed by atoms with Gasteiger partial charge in [-0.05, 0) is 80.2 Å². The summed E-state index contributed by atoms with van der Waals surface area (Å²) < 4.78 is 6.01. The monoisotopic (exact) mass is 386 g/mol. The zero-order valence-corrected chi connectivity index (χ0v) is 18.1. The van der Waals surface area contributed by atoms with Gasteiger partial charge in [0.05, 0.1) is 6.04 Å². The third-order valence-electron chi connectivity index (χ3n) is 7.98. The fourth-order valence-electron chi connectivity index (χ4n) is 7.15. The van der Waals surface area contributed by atoms with Crippen LogP contribution in [0.2, 0.25) is 0 Å². The van der Waals surface area contributed by atoms with Crippen molar-refractivity contribution in [1.29, 1.82) is 0 Å². The van der Waals surface area contributed by atoms with Gasteiger partial charge in [-0.25, -0.2) is 0 Å².